The first kappa shape index (κ1) is 7.09. The molecule has 10 heavy (non-hydrogen) atoms. The second-order valence-corrected chi connectivity index (χ2v) is 2.04. The standard InChI is InChI=1S/C8H10O2/c1-7-4-2-3-5-8(7)10-6-9/h2-5,9H,6H2,1H3. The normalized spacial score (nSPS) is 9.40. The van der Waals surface area contributed by atoms with E-state index in [1.807, 2.05) is 31.2 Å². The van der Waals surface area contributed by atoms with E-state index in [0.717, 1.165) is 11.3 Å². The monoisotopic (exact) mass is 138 g/mol. The lowest BCUT2D eigenvalue weighted by Gasteiger charge is -2.03. The van der Waals surface area contributed by atoms with Crippen molar-refractivity contribution in [2.75, 3.05) is 6.79 Å². The van der Waals surface area contributed by atoms with Crippen LogP contribution in [0.25, 0.3) is 0 Å². The fourth-order valence-corrected chi connectivity index (χ4v) is 0.788. The van der Waals surface area contributed by atoms with Gasteiger partial charge in [-0.2, -0.15) is 0 Å². The largest absolute Gasteiger partial charge is 0.467 e. The zero-order valence-corrected chi connectivity index (χ0v) is 5.87. The maximum Gasteiger partial charge on any atom is 0.186 e. The predicted octanol–water partition coefficient (Wildman–Crippen LogP) is 1.32. The van der Waals surface area contributed by atoms with Crippen LogP contribution in [-0.2, 0) is 0 Å². The zero-order chi connectivity index (χ0) is 7.40. The van der Waals surface area contributed by atoms with E-state index in [1.54, 1.807) is 0 Å². The van der Waals surface area contributed by atoms with Crippen LogP contribution in [0.3, 0.4) is 0 Å². The Balaban J connectivity index is 2.81. The SMILES string of the molecule is Cc1ccccc1OCO. The van der Waals surface area contributed by atoms with Gasteiger partial charge in [0.15, 0.2) is 6.79 Å². The summed E-state index contributed by atoms with van der Waals surface area (Å²) in [6, 6.07) is 7.56. The number of para-hydroxylation sites is 1. The summed E-state index contributed by atoms with van der Waals surface area (Å²) in [5.74, 6) is 0.741. The fourth-order valence-electron chi connectivity index (χ4n) is 0.788. The third-order valence-corrected chi connectivity index (χ3v) is 1.31. The van der Waals surface area contributed by atoms with Crippen molar-refractivity contribution in [3.8, 4) is 5.75 Å². The summed E-state index contributed by atoms with van der Waals surface area (Å²) >= 11 is 0. The summed E-state index contributed by atoms with van der Waals surface area (Å²) in [6.45, 7) is 1.68. The number of hydrogen-bond acceptors (Lipinski definition) is 2. The Kier molecular flexibility index (Phi) is 2.29. The molecule has 0 heterocycles. The topological polar surface area (TPSA) is 29.5 Å². The highest BCUT2D eigenvalue weighted by atomic mass is 16.6. The van der Waals surface area contributed by atoms with E-state index in [-0.39, 0.29) is 6.79 Å². The smallest absolute Gasteiger partial charge is 0.186 e. The van der Waals surface area contributed by atoms with Gasteiger partial charge in [-0.1, -0.05) is 18.2 Å². The van der Waals surface area contributed by atoms with E-state index in [1.165, 1.54) is 0 Å². The van der Waals surface area contributed by atoms with Crippen LogP contribution in [0.2, 0.25) is 0 Å². The first-order valence-corrected chi connectivity index (χ1v) is 3.14. The molecule has 0 aliphatic carbocycles. The highest BCUT2D eigenvalue weighted by Gasteiger charge is 1.93. The molecule has 0 atom stereocenters. The zero-order valence-electron chi connectivity index (χ0n) is 5.87. The van der Waals surface area contributed by atoms with Crippen molar-refractivity contribution in [1.82, 2.24) is 0 Å². The van der Waals surface area contributed by atoms with Crippen molar-refractivity contribution >= 4 is 0 Å². The molecule has 0 aliphatic rings. The van der Waals surface area contributed by atoms with Gasteiger partial charge in [0.1, 0.15) is 5.75 Å². The Morgan fingerprint density at radius 3 is 2.70 bits per heavy atom. The first-order valence-electron chi connectivity index (χ1n) is 3.14. The number of aliphatic hydroxyl groups is 1. The van der Waals surface area contributed by atoms with Gasteiger partial charge in [0, 0.05) is 0 Å². The minimum Gasteiger partial charge on any atom is -0.467 e. The molecule has 0 aliphatic heterocycles. The molecule has 54 valence electrons. The van der Waals surface area contributed by atoms with Crippen molar-refractivity contribution in [1.29, 1.82) is 0 Å². The van der Waals surface area contributed by atoms with E-state index in [2.05, 4.69) is 0 Å². The first-order chi connectivity index (χ1) is 4.84. The van der Waals surface area contributed by atoms with E-state index in [0.29, 0.717) is 0 Å². The molecule has 0 saturated carbocycles. The highest BCUT2D eigenvalue weighted by molar-refractivity contribution is 5.31. The molecule has 0 radical (unpaired) electrons. The molecular formula is C8H10O2. The van der Waals surface area contributed by atoms with Crippen LogP contribution < -0.4 is 4.74 Å². The molecule has 0 fully saturated rings. The molecule has 0 amide bonds. The molecule has 1 rings (SSSR count). The summed E-state index contributed by atoms with van der Waals surface area (Å²) < 4.78 is 4.89. The maximum atomic E-state index is 8.42. The van der Waals surface area contributed by atoms with Gasteiger partial charge in [-0.3, -0.25) is 0 Å². The van der Waals surface area contributed by atoms with Gasteiger partial charge < -0.3 is 9.84 Å². The quantitative estimate of drug-likeness (QED) is 0.624. The number of aliphatic hydroxyl groups excluding tert-OH is 1. The molecule has 2 heteroatoms. The van der Waals surface area contributed by atoms with Crippen molar-refractivity contribution in [2.24, 2.45) is 0 Å². The van der Waals surface area contributed by atoms with Gasteiger partial charge >= 0.3 is 0 Å². The lowest BCUT2D eigenvalue weighted by molar-refractivity contribution is 0.0978. The molecule has 1 aromatic rings. The predicted molar refractivity (Wildman–Crippen MR) is 38.9 cm³/mol. The van der Waals surface area contributed by atoms with E-state index in [9.17, 15) is 0 Å². The third-order valence-electron chi connectivity index (χ3n) is 1.31. The molecule has 1 aromatic carbocycles. The second kappa shape index (κ2) is 3.22. The van der Waals surface area contributed by atoms with Crippen molar-refractivity contribution in [2.45, 2.75) is 6.92 Å². The Bertz CT molecular complexity index is 208. The van der Waals surface area contributed by atoms with Crippen molar-refractivity contribution in [3.05, 3.63) is 29.8 Å². The Hall–Kier alpha value is -1.02. The van der Waals surface area contributed by atoms with Crippen molar-refractivity contribution in [3.63, 3.8) is 0 Å². The van der Waals surface area contributed by atoms with E-state index >= 15 is 0 Å². The lowest BCUT2D eigenvalue weighted by Crippen LogP contribution is -1.95. The van der Waals surface area contributed by atoms with Crippen LogP contribution >= 0.6 is 0 Å². The number of ether oxygens (including phenoxy) is 1. The molecule has 0 bridgehead atoms. The third kappa shape index (κ3) is 1.48. The molecule has 1 N–H and O–H groups in total. The molecule has 0 saturated heterocycles. The van der Waals surface area contributed by atoms with E-state index in [4.69, 9.17) is 9.84 Å². The Morgan fingerprint density at radius 1 is 1.40 bits per heavy atom. The summed E-state index contributed by atoms with van der Waals surface area (Å²) in [4.78, 5) is 0. The summed E-state index contributed by atoms with van der Waals surface area (Å²) in [5, 5.41) is 8.42. The van der Waals surface area contributed by atoms with Gasteiger partial charge in [0.25, 0.3) is 0 Å². The number of aryl methyl sites for hydroxylation is 1. The highest BCUT2D eigenvalue weighted by Crippen LogP contribution is 2.15. The van der Waals surface area contributed by atoms with Gasteiger partial charge in [0.2, 0.25) is 0 Å². The van der Waals surface area contributed by atoms with Crippen LogP contribution in [0.5, 0.6) is 5.75 Å². The average molecular weight is 138 g/mol. The minimum atomic E-state index is -0.259. The van der Waals surface area contributed by atoms with Crippen molar-refractivity contribution < 1.29 is 9.84 Å². The molecule has 0 aromatic heterocycles. The Morgan fingerprint density at radius 2 is 2.10 bits per heavy atom. The summed E-state index contributed by atoms with van der Waals surface area (Å²) in [5.41, 5.74) is 1.04. The van der Waals surface area contributed by atoms with Crippen LogP contribution in [0.1, 0.15) is 5.56 Å². The summed E-state index contributed by atoms with van der Waals surface area (Å²) in [6.07, 6.45) is 0. The van der Waals surface area contributed by atoms with Crippen LogP contribution in [-0.4, -0.2) is 11.9 Å². The van der Waals surface area contributed by atoms with E-state index < -0.39 is 0 Å². The van der Waals surface area contributed by atoms with Crippen LogP contribution in [0.4, 0.5) is 0 Å². The average Bonchev–Trinajstić information content (AvgIpc) is 1.94. The summed E-state index contributed by atoms with van der Waals surface area (Å²) in [7, 11) is 0. The molecule has 2 nitrogen and oxygen atoms in total. The van der Waals surface area contributed by atoms with Crippen LogP contribution in [0.15, 0.2) is 24.3 Å². The number of hydrogen-bond donors (Lipinski definition) is 1. The molecule has 0 spiro atoms. The molecule has 0 unspecified atom stereocenters. The lowest BCUT2D eigenvalue weighted by atomic mass is 10.2. The van der Waals surface area contributed by atoms with Gasteiger partial charge in [0.05, 0.1) is 0 Å². The maximum absolute atomic E-state index is 8.42. The van der Waals surface area contributed by atoms with Crippen LogP contribution in [0, 0.1) is 6.92 Å². The Labute approximate surface area is 60.1 Å². The minimum absolute atomic E-state index is 0.259. The van der Waals surface area contributed by atoms with Gasteiger partial charge in [-0.05, 0) is 18.6 Å². The molecular weight excluding hydrogens is 128 g/mol. The second-order valence-electron chi connectivity index (χ2n) is 2.04. The number of benzene rings is 1. The van der Waals surface area contributed by atoms with Gasteiger partial charge in [-0.25, -0.2) is 0 Å². The fraction of sp³-hybridized carbons (Fsp3) is 0.250. The number of rotatable bonds is 2. The van der Waals surface area contributed by atoms with Gasteiger partial charge in [-0.15, -0.1) is 0 Å².